The number of benzene rings is 1. The smallest absolute Gasteiger partial charge is 0.325 e. The lowest BCUT2D eigenvalue weighted by molar-refractivity contribution is -0.138. The molecule has 0 aromatic heterocycles. The van der Waals surface area contributed by atoms with E-state index in [2.05, 4.69) is 5.32 Å². The minimum Gasteiger partial charge on any atom is -0.486 e. The van der Waals surface area contributed by atoms with E-state index in [1.165, 1.54) is 0 Å². The van der Waals surface area contributed by atoms with Gasteiger partial charge in [0, 0.05) is 13.1 Å². The Labute approximate surface area is 151 Å². The lowest BCUT2D eigenvalue weighted by Crippen LogP contribution is -2.44. The van der Waals surface area contributed by atoms with E-state index in [0.717, 1.165) is 17.7 Å². The van der Waals surface area contributed by atoms with Crippen molar-refractivity contribution >= 4 is 17.8 Å². The van der Waals surface area contributed by atoms with Crippen molar-refractivity contribution in [1.29, 1.82) is 0 Å². The van der Waals surface area contributed by atoms with Gasteiger partial charge in [-0.05, 0) is 37.5 Å². The molecule has 2 saturated heterocycles. The molecule has 4 rings (SSSR count). The van der Waals surface area contributed by atoms with Crippen molar-refractivity contribution < 1.29 is 23.9 Å². The van der Waals surface area contributed by atoms with Crippen molar-refractivity contribution in [2.24, 2.45) is 0 Å². The van der Waals surface area contributed by atoms with E-state index in [4.69, 9.17) is 9.47 Å². The van der Waals surface area contributed by atoms with E-state index >= 15 is 0 Å². The Hall–Kier alpha value is -2.77. The molecule has 8 heteroatoms. The quantitative estimate of drug-likeness (QED) is 0.809. The fourth-order valence-corrected chi connectivity index (χ4v) is 3.59. The van der Waals surface area contributed by atoms with Crippen molar-refractivity contribution in [2.45, 2.75) is 25.3 Å². The van der Waals surface area contributed by atoms with Crippen LogP contribution >= 0.6 is 0 Å². The number of hydrogen-bond acceptors (Lipinski definition) is 5. The van der Waals surface area contributed by atoms with Crippen molar-refractivity contribution in [1.82, 2.24) is 15.1 Å². The summed E-state index contributed by atoms with van der Waals surface area (Å²) in [5, 5.41) is 2.72. The fraction of sp³-hybridized carbons (Fsp3) is 0.500. The highest BCUT2D eigenvalue weighted by Crippen LogP contribution is 2.36. The van der Waals surface area contributed by atoms with Crippen molar-refractivity contribution in [3.8, 4) is 11.5 Å². The number of hydrogen-bond donors (Lipinski definition) is 1. The van der Waals surface area contributed by atoms with Crippen LogP contribution in [0, 0.1) is 0 Å². The molecule has 26 heavy (non-hydrogen) atoms. The van der Waals surface area contributed by atoms with Gasteiger partial charge in [0.25, 0.3) is 5.91 Å². The van der Waals surface area contributed by atoms with Crippen LogP contribution in [-0.4, -0.2) is 60.5 Å². The largest absolute Gasteiger partial charge is 0.486 e. The molecule has 1 atom stereocenters. The van der Waals surface area contributed by atoms with Crippen LogP contribution in [0.1, 0.15) is 25.3 Å². The molecule has 0 unspecified atom stereocenters. The molecule has 0 spiro atoms. The Morgan fingerprint density at radius 1 is 1.15 bits per heavy atom. The molecule has 3 aliphatic heterocycles. The zero-order chi connectivity index (χ0) is 18.3. The monoisotopic (exact) mass is 359 g/mol. The molecule has 1 aromatic rings. The molecule has 3 aliphatic rings. The summed E-state index contributed by atoms with van der Waals surface area (Å²) in [7, 11) is 0. The number of fused-ring (bicyclic) bond motifs is 1. The normalized spacial score (nSPS) is 24.8. The number of imide groups is 1. The van der Waals surface area contributed by atoms with Crippen molar-refractivity contribution in [3.63, 3.8) is 0 Å². The molecule has 1 aromatic carbocycles. The number of nitrogens with one attached hydrogen (secondary N) is 1. The first-order chi connectivity index (χ1) is 12.5. The third kappa shape index (κ3) is 2.65. The second-order valence-corrected chi connectivity index (χ2v) is 6.89. The first kappa shape index (κ1) is 16.7. The number of carbonyl (C=O) groups excluding carboxylic acids is 3. The van der Waals surface area contributed by atoms with E-state index in [1.54, 1.807) is 30.0 Å². The lowest BCUT2D eigenvalue weighted by atomic mass is 9.91. The van der Waals surface area contributed by atoms with E-state index in [9.17, 15) is 14.4 Å². The maximum absolute atomic E-state index is 13.0. The highest BCUT2D eigenvalue weighted by atomic mass is 16.6. The van der Waals surface area contributed by atoms with E-state index in [-0.39, 0.29) is 12.5 Å². The van der Waals surface area contributed by atoms with E-state index in [1.807, 2.05) is 0 Å². The minimum absolute atomic E-state index is 0.197. The summed E-state index contributed by atoms with van der Waals surface area (Å²) in [6.07, 6.45) is 1.92. The van der Waals surface area contributed by atoms with Crippen molar-refractivity contribution in [2.75, 3.05) is 32.8 Å². The molecule has 2 fully saturated rings. The van der Waals surface area contributed by atoms with E-state index < -0.39 is 17.5 Å². The molecule has 0 saturated carbocycles. The van der Waals surface area contributed by atoms with Crippen LogP contribution in [0.25, 0.3) is 0 Å². The first-order valence-electron chi connectivity index (χ1n) is 8.81. The summed E-state index contributed by atoms with van der Waals surface area (Å²) in [5.41, 5.74) is -0.644. The zero-order valence-corrected chi connectivity index (χ0v) is 14.6. The van der Waals surface area contributed by atoms with Gasteiger partial charge in [-0.15, -0.1) is 0 Å². The maximum atomic E-state index is 13.0. The lowest BCUT2D eigenvalue weighted by Gasteiger charge is -2.25. The van der Waals surface area contributed by atoms with Crippen LogP contribution in [0.2, 0.25) is 0 Å². The van der Waals surface area contributed by atoms with Gasteiger partial charge in [-0.25, -0.2) is 4.79 Å². The SMILES string of the molecule is C[C@]1(c2ccc3c(c2)OCCO3)NC(=O)N(CC(=O)N2CCCC2)C1=O. The Bertz CT molecular complexity index is 774. The number of carbonyl (C=O) groups is 3. The average Bonchev–Trinajstić information content (AvgIpc) is 3.25. The Kier molecular flexibility index (Phi) is 3.97. The number of ether oxygens (including phenoxy) is 2. The summed E-state index contributed by atoms with van der Waals surface area (Å²) in [6, 6.07) is 4.61. The average molecular weight is 359 g/mol. The minimum atomic E-state index is -1.24. The predicted molar refractivity (Wildman–Crippen MR) is 90.8 cm³/mol. The summed E-state index contributed by atoms with van der Waals surface area (Å²) >= 11 is 0. The van der Waals surface area contributed by atoms with Gasteiger partial charge < -0.3 is 19.7 Å². The van der Waals surface area contributed by atoms with Gasteiger partial charge in [0.15, 0.2) is 11.5 Å². The summed E-state index contributed by atoms with van der Waals surface area (Å²) in [5.74, 6) is 0.522. The third-order valence-electron chi connectivity index (χ3n) is 5.15. The topological polar surface area (TPSA) is 88.2 Å². The van der Waals surface area contributed by atoms with Gasteiger partial charge in [0.1, 0.15) is 25.3 Å². The number of amides is 4. The Morgan fingerprint density at radius 3 is 2.58 bits per heavy atom. The number of nitrogens with zero attached hydrogens (tertiary/aromatic N) is 2. The van der Waals surface area contributed by atoms with Gasteiger partial charge in [0.05, 0.1) is 0 Å². The van der Waals surface area contributed by atoms with E-state index in [0.29, 0.717) is 43.4 Å². The van der Waals surface area contributed by atoms with Gasteiger partial charge >= 0.3 is 6.03 Å². The predicted octanol–water partition coefficient (Wildman–Crippen LogP) is 0.847. The van der Waals surface area contributed by atoms with Gasteiger partial charge in [0.2, 0.25) is 5.91 Å². The van der Waals surface area contributed by atoms with Crippen LogP contribution in [0.3, 0.4) is 0 Å². The molecule has 3 heterocycles. The highest BCUT2D eigenvalue weighted by molar-refractivity contribution is 6.09. The van der Waals surface area contributed by atoms with Crippen molar-refractivity contribution in [3.05, 3.63) is 23.8 Å². The number of urea groups is 1. The molecule has 4 amide bonds. The van der Waals surface area contributed by atoms with Gasteiger partial charge in [-0.2, -0.15) is 0 Å². The van der Waals surface area contributed by atoms with Crippen LogP contribution < -0.4 is 14.8 Å². The number of rotatable bonds is 3. The molecule has 0 bridgehead atoms. The standard InChI is InChI=1S/C18H21N3O5/c1-18(12-4-5-13-14(10-12)26-9-8-25-13)16(23)21(17(24)19-18)11-15(22)20-6-2-3-7-20/h4-5,10H,2-3,6-9,11H2,1H3,(H,19,24)/t18-/m1/s1. The molecule has 0 radical (unpaired) electrons. The van der Waals surface area contributed by atoms with Gasteiger partial charge in [-0.1, -0.05) is 6.07 Å². The van der Waals surface area contributed by atoms with Crippen LogP contribution in [0.15, 0.2) is 18.2 Å². The zero-order valence-electron chi connectivity index (χ0n) is 14.6. The van der Waals surface area contributed by atoms with Crippen LogP contribution in [0.4, 0.5) is 4.79 Å². The van der Waals surface area contributed by atoms with Crippen LogP contribution in [0.5, 0.6) is 11.5 Å². The fourth-order valence-electron chi connectivity index (χ4n) is 3.59. The second-order valence-electron chi connectivity index (χ2n) is 6.89. The third-order valence-corrected chi connectivity index (χ3v) is 5.15. The summed E-state index contributed by atoms with van der Waals surface area (Å²) < 4.78 is 11.1. The molecule has 138 valence electrons. The summed E-state index contributed by atoms with van der Waals surface area (Å²) in [6.45, 7) is 3.68. The number of likely N-dealkylation sites (tertiary alicyclic amines) is 1. The van der Waals surface area contributed by atoms with Gasteiger partial charge in [-0.3, -0.25) is 14.5 Å². The molecular formula is C18H21N3O5. The maximum Gasteiger partial charge on any atom is 0.325 e. The highest BCUT2D eigenvalue weighted by Gasteiger charge is 2.50. The molecule has 8 nitrogen and oxygen atoms in total. The molecular weight excluding hydrogens is 338 g/mol. The Balaban J connectivity index is 1.56. The molecule has 0 aliphatic carbocycles. The Morgan fingerprint density at radius 2 is 1.85 bits per heavy atom. The molecule has 1 N–H and O–H groups in total. The second kappa shape index (κ2) is 6.19. The van der Waals surface area contributed by atoms with Crippen LogP contribution in [-0.2, 0) is 15.1 Å². The summed E-state index contributed by atoms with van der Waals surface area (Å²) in [4.78, 5) is 40.4. The first-order valence-corrected chi connectivity index (χ1v) is 8.81.